The fourth-order valence-electron chi connectivity index (χ4n) is 2.19. The average Bonchev–Trinajstić information content (AvgIpc) is 2.91. The Morgan fingerprint density at radius 3 is 2.61 bits per heavy atom. The number of amides is 1. The maximum Gasteiger partial charge on any atom is 0.276 e. The van der Waals surface area contributed by atoms with Crippen LogP contribution in [0.2, 0.25) is 0 Å². The summed E-state index contributed by atoms with van der Waals surface area (Å²) in [6, 6.07) is 9.72. The number of carbonyl (C=O) groups excluding carboxylic acids is 1. The quantitative estimate of drug-likeness (QED) is 0.784. The minimum atomic E-state index is -0.333. The molecule has 0 saturated carbocycles. The van der Waals surface area contributed by atoms with E-state index in [1.807, 2.05) is 18.4 Å². The van der Waals surface area contributed by atoms with Crippen LogP contribution in [0.25, 0.3) is 11.1 Å². The molecule has 2 heterocycles. The highest BCUT2D eigenvalue weighted by Gasteiger charge is 2.12. The summed E-state index contributed by atoms with van der Waals surface area (Å²) in [5, 5.41) is 5.12. The minimum Gasteiger partial charge on any atom is -0.296 e. The van der Waals surface area contributed by atoms with Gasteiger partial charge in [0, 0.05) is 11.1 Å². The lowest BCUT2D eigenvalue weighted by Gasteiger charge is -2.07. The molecule has 116 valence electrons. The predicted molar refractivity (Wildman–Crippen MR) is 89.2 cm³/mol. The van der Waals surface area contributed by atoms with Crippen molar-refractivity contribution >= 4 is 22.4 Å². The molecule has 1 N–H and O–H groups in total. The Labute approximate surface area is 137 Å². The number of aromatic nitrogens is 2. The highest BCUT2D eigenvalue weighted by Crippen LogP contribution is 2.22. The lowest BCUT2D eigenvalue weighted by molar-refractivity contribution is 0.102. The molecule has 0 aliphatic rings. The first kappa shape index (κ1) is 15.3. The van der Waals surface area contributed by atoms with E-state index in [2.05, 4.69) is 15.3 Å². The Hall–Kier alpha value is -2.60. The molecule has 0 atom stereocenters. The summed E-state index contributed by atoms with van der Waals surface area (Å²) in [4.78, 5) is 20.8. The molecule has 0 fully saturated rings. The van der Waals surface area contributed by atoms with Gasteiger partial charge >= 0.3 is 0 Å². The van der Waals surface area contributed by atoms with Crippen molar-refractivity contribution in [3.05, 3.63) is 64.7 Å². The summed E-state index contributed by atoms with van der Waals surface area (Å²) in [7, 11) is 0. The van der Waals surface area contributed by atoms with Crippen molar-refractivity contribution in [2.45, 2.75) is 13.8 Å². The largest absolute Gasteiger partial charge is 0.296 e. The van der Waals surface area contributed by atoms with E-state index in [9.17, 15) is 9.18 Å². The van der Waals surface area contributed by atoms with Gasteiger partial charge in [-0.25, -0.2) is 14.4 Å². The number of halogens is 1. The summed E-state index contributed by atoms with van der Waals surface area (Å²) >= 11 is 1.36. The second-order valence-electron chi connectivity index (χ2n) is 5.14. The van der Waals surface area contributed by atoms with Crippen LogP contribution in [0.1, 0.15) is 21.9 Å². The molecule has 0 aliphatic heterocycles. The van der Waals surface area contributed by atoms with Crippen molar-refractivity contribution < 1.29 is 9.18 Å². The molecule has 0 bridgehead atoms. The number of aryl methyl sites for hydroxylation is 2. The summed E-state index contributed by atoms with van der Waals surface area (Å²) < 4.78 is 13.4. The van der Waals surface area contributed by atoms with Crippen LogP contribution in [0.4, 0.5) is 9.52 Å². The number of hydrogen-bond donors (Lipinski definition) is 1. The van der Waals surface area contributed by atoms with E-state index in [4.69, 9.17) is 0 Å². The first-order valence-corrected chi connectivity index (χ1v) is 7.87. The zero-order valence-electron chi connectivity index (χ0n) is 12.6. The third-order valence-electron chi connectivity index (χ3n) is 3.18. The van der Waals surface area contributed by atoms with Crippen LogP contribution >= 0.6 is 11.3 Å². The summed E-state index contributed by atoms with van der Waals surface area (Å²) in [6.07, 6.45) is 0. The van der Waals surface area contributed by atoms with Crippen LogP contribution in [0, 0.1) is 19.7 Å². The first-order chi connectivity index (χ1) is 11.0. The Morgan fingerprint density at radius 1 is 1.09 bits per heavy atom. The molecule has 0 spiro atoms. The van der Waals surface area contributed by atoms with Gasteiger partial charge in [0.05, 0.1) is 5.69 Å². The van der Waals surface area contributed by atoms with E-state index in [0.29, 0.717) is 16.4 Å². The van der Waals surface area contributed by atoms with Gasteiger partial charge in [-0.15, -0.1) is 11.3 Å². The molecule has 2 aromatic heterocycles. The maximum atomic E-state index is 13.4. The van der Waals surface area contributed by atoms with E-state index in [1.165, 1.54) is 23.5 Å². The molecule has 3 rings (SSSR count). The summed E-state index contributed by atoms with van der Waals surface area (Å²) in [5.41, 5.74) is 3.26. The van der Waals surface area contributed by atoms with Gasteiger partial charge in [0.1, 0.15) is 11.5 Å². The minimum absolute atomic E-state index is 0.275. The Bertz CT molecular complexity index is 876. The van der Waals surface area contributed by atoms with Crippen LogP contribution < -0.4 is 5.32 Å². The van der Waals surface area contributed by atoms with Gasteiger partial charge in [-0.05, 0) is 49.2 Å². The third kappa shape index (κ3) is 3.60. The van der Waals surface area contributed by atoms with Crippen molar-refractivity contribution in [1.82, 2.24) is 9.97 Å². The van der Waals surface area contributed by atoms with E-state index in [1.54, 1.807) is 25.1 Å². The van der Waals surface area contributed by atoms with Crippen molar-refractivity contribution in [1.29, 1.82) is 0 Å². The molecule has 0 saturated heterocycles. The van der Waals surface area contributed by atoms with Crippen LogP contribution in [0.5, 0.6) is 0 Å². The Balaban J connectivity index is 1.92. The normalized spacial score (nSPS) is 10.6. The molecule has 1 aromatic carbocycles. The Morgan fingerprint density at radius 2 is 1.91 bits per heavy atom. The number of carbonyl (C=O) groups is 1. The van der Waals surface area contributed by atoms with Crippen LogP contribution in [-0.4, -0.2) is 15.9 Å². The highest BCUT2D eigenvalue weighted by atomic mass is 32.1. The fourth-order valence-corrected chi connectivity index (χ4v) is 2.88. The first-order valence-electron chi connectivity index (χ1n) is 6.99. The van der Waals surface area contributed by atoms with E-state index in [-0.39, 0.29) is 17.4 Å². The number of pyridine rings is 1. The standard InChI is InChI=1S/C17H14FN3OS/c1-10-6-13(12-4-3-5-14(18)7-12)8-15(19-10)16(22)21-17-20-11(2)9-23-17/h3-9H,1-2H3,(H,20,21,22). The smallest absolute Gasteiger partial charge is 0.276 e. The van der Waals surface area contributed by atoms with Crippen LogP contribution in [-0.2, 0) is 0 Å². The number of benzene rings is 1. The zero-order chi connectivity index (χ0) is 16.4. The molecule has 0 unspecified atom stereocenters. The molecule has 0 radical (unpaired) electrons. The lowest BCUT2D eigenvalue weighted by atomic mass is 10.0. The second kappa shape index (κ2) is 6.26. The van der Waals surface area contributed by atoms with Gasteiger partial charge in [0.25, 0.3) is 5.91 Å². The number of nitrogens with one attached hydrogen (secondary N) is 1. The summed E-state index contributed by atoms with van der Waals surface area (Å²) in [5.74, 6) is -0.651. The molecule has 4 nitrogen and oxygen atoms in total. The van der Waals surface area contributed by atoms with Gasteiger partial charge in [0.15, 0.2) is 5.13 Å². The van der Waals surface area contributed by atoms with Crippen molar-refractivity contribution in [3.8, 4) is 11.1 Å². The van der Waals surface area contributed by atoms with Crippen molar-refractivity contribution in [2.75, 3.05) is 5.32 Å². The van der Waals surface area contributed by atoms with E-state index in [0.717, 1.165) is 11.3 Å². The van der Waals surface area contributed by atoms with Crippen LogP contribution in [0.3, 0.4) is 0 Å². The number of hydrogen-bond acceptors (Lipinski definition) is 4. The topological polar surface area (TPSA) is 54.9 Å². The molecular weight excluding hydrogens is 313 g/mol. The van der Waals surface area contributed by atoms with E-state index < -0.39 is 0 Å². The van der Waals surface area contributed by atoms with Gasteiger partial charge in [0.2, 0.25) is 0 Å². The molecule has 23 heavy (non-hydrogen) atoms. The van der Waals surface area contributed by atoms with E-state index >= 15 is 0 Å². The maximum absolute atomic E-state index is 13.4. The Kier molecular flexibility index (Phi) is 4.16. The molecule has 1 amide bonds. The monoisotopic (exact) mass is 327 g/mol. The number of rotatable bonds is 3. The highest BCUT2D eigenvalue weighted by molar-refractivity contribution is 7.13. The second-order valence-corrected chi connectivity index (χ2v) is 6.00. The molecular formula is C17H14FN3OS. The van der Waals surface area contributed by atoms with Gasteiger partial charge in [-0.3, -0.25) is 10.1 Å². The molecule has 6 heteroatoms. The predicted octanol–water partition coefficient (Wildman–Crippen LogP) is 4.21. The third-order valence-corrected chi connectivity index (χ3v) is 4.06. The SMILES string of the molecule is Cc1cc(-c2cccc(F)c2)cc(C(=O)Nc2nc(C)cs2)n1. The van der Waals surface area contributed by atoms with Gasteiger partial charge in [-0.2, -0.15) is 0 Å². The average molecular weight is 327 g/mol. The molecule has 0 aliphatic carbocycles. The van der Waals surface area contributed by atoms with Crippen LogP contribution in [0.15, 0.2) is 41.8 Å². The number of anilines is 1. The number of thiazole rings is 1. The van der Waals surface area contributed by atoms with Gasteiger partial charge < -0.3 is 0 Å². The zero-order valence-corrected chi connectivity index (χ0v) is 13.4. The van der Waals surface area contributed by atoms with Crippen molar-refractivity contribution in [3.63, 3.8) is 0 Å². The molecule has 3 aromatic rings. The van der Waals surface area contributed by atoms with Crippen molar-refractivity contribution in [2.24, 2.45) is 0 Å². The number of nitrogens with zero attached hydrogens (tertiary/aromatic N) is 2. The van der Waals surface area contributed by atoms with Gasteiger partial charge in [-0.1, -0.05) is 12.1 Å². The lowest BCUT2D eigenvalue weighted by Crippen LogP contribution is -2.14. The fraction of sp³-hybridized carbons (Fsp3) is 0.118. The summed E-state index contributed by atoms with van der Waals surface area (Å²) in [6.45, 7) is 3.66.